The van der Waals surface area contributed by atoms with Gasteiger partial charge in [0.1, 0.15) is 4.33 Å². The number of rotatable bonds is 3. The van der Waals surface area contributed by atoms with E-state index in [-0.39, 0.29) is 6.10 Å². The lowest BCUT2D eigenvalue weighted by molar-refractivity contribution is 0.0107. The van der Waals surface area contributed by atoms with Gasteiger partial charge in [-0.1, -0.05) is 0 Å². The number of alkyl halides is 2. The molecule has 2 nitrogen and oxygen atoms in total. The second-order valence-electron chi connectivity index (χ2n) is 4.38. The molecule has 0 bridgehead atoms. The fourth-order valence-corrected chi connectivity index (χ4v) is 2.39. The van der Waals surface area contributed by atoms with Gasteiger partial charge in [-0.25, -0.2) is 0 Å². The molecule has 0 saturated heterocycles. The first kappa shape index (κ1) is 10.0. The number of hydrogen-bond donors (Lipinski definition) is 1. The van der Waals surface area contributed by atoms with Crippen LogP contribution in [0.25, 0.3) is 0 Å². The summed E-state index contributed by atoms with van der Waals surface area (Å²) in [6.07, 6.45) is 2.64. The van der Waals surface area contributed by atoms with E-state index >= 15 is 0 Å². The smallest absolute Gasteiger partial charge is 0.122 e. The number of halogens is 2. The summed E-state index contributed by atoms with van der Waals surface area (Å²) in [5, 5.41) is 9.14. The van der Waals surface area contributed by atoms with Gasteiger partial charge in [0, 0.05) is 18.5 Å². The Morgan fingerprint density at radius 2 is 2.00 bits per heavy atom. The predicted octanol–water partition coefficient (Wildman–Crippen LogP) is 1.64. The van der Waals surface area contributed by atoms with Crippen molar-refractivity contribution < 1.29 is 5.11 Å². The first-order valence-electron chi connectivity index (χ1n) is 4.75. The first-order chi connectivity index (χ1) is 5.99. The van der Waals surface area contributed by atoms with Gasteiger partial charge in [0.25, 0.3) is 0 Å². The van der Waals surface area contributed by atoms with Crippen LogP contribution in [0.2, 0.25) is 0 Å². The van der Waals surface area contributed by atoms with Crippen LogP contribution in [0, 0.1) is 5.92 Å². The van der Waals surface area contributed by atoms with Crippen molar-refractivity contribution in [1.29, 1.82) is 0 Å². The van der Waals surface area contributed by atoms with Gasteiger partial charge in [-0.05, 0) is 26.3 Å². The Morgan fingerprint density at radius 1 is 1.46 bits per heavy atom. The van der Waals surface area contributed by atoms with E-state index in [9.17, 15) is 0 Å². The van der Waals surface area contributed by atoms with Crippen LogP contribution in [0.1, 0.15) is 19.3 Å². The molecule has 0 aromatic heterocycles. The van der Waals surface area contributed by atoms with Crippen molar-refractivity contribution in [3.05, 3.63) is 0 Å². The Bertz CT molecular complexity index is 204. The molecule has 2 fully saturated rings. The summed E-state index contributed by atoms with van der Waals surface area (Å²) >= 11 is 11.9. The summed E-state index contributed by atoms with van der Waals surface area (Å²) in [7, 11) is 2.08. The molecule has 2 saturated carbocycles. The van der Waals surface area contributed by atoms with E-state index in [1.165, 1.54) is 0 Å². The third-order valence-electron chi connectivity index (χ3n) is 3.18. The monoisotopic (exact) mass is 223 g/mol. The molecule has 2 aliphatic rings. The van der Waals surface area contributed by atoms with E-state index in [4.69, 9.17) is 28.3 Å². The molecule has 0 spiro atoms. The van der Waals surface area contributed by atoms with Gasteiger partial charge in [-0.2, -0.15) is 0 Å². The highest BCUT2D eigenvalue weighted by atomic mass is 35.5. The number of nitrogens with zero attached hydrogens (tertiary/aromatic N) is 1. The lowest BCUT2D eigenvalue weighted by Crippen LogP contribution is -2.46. The minimum atomic E-state index is -0.462. The fourth-order valence-electron chi connectivity index (χ4n) is 1.88. The lowest BCUT2D eigenvalue weighted by Gasteiger charge is -2.38. The molecule has 2 rings (SSSR count). The van der Waals surface area contributed by atoms with Crippen molar-refractivity contribution >= 4 is 23.2 Å². The average Bonchev–Trinajstić information content (AvgIpc) is 2.52. The maximum absolute atomic E-state index is 9.14. The molecular formula is C9H15Cl2NO. The minimum absolute atomic E-state index is 0.0802. The molecule has 4 heteroatoms. The van der Waals surface area contributed by atoms with Crippen LogP contribution in [0.5, 0.6) is 0 Å². The standard InChI is InChI=1S/C9H15Cl2NO/c1-12(7-2-8(13)3-7)5-6-4-9(6,10)11/h6-8,13H,2-5H2,1H3. The Labute approximate surface area is 88.8 Å². The summed E-state index contributed by atoms with van der Waals surface area (Å²) in [5.41, 5.74) is 0. The highest BCUT2D eigenvalue weighted by Gasteiger charge is 2.52. The topological polar surface area (TPSA) is 23.5 Å². The van der Waals surface area contributed by atoms with Crippen molar-refractivity contribution in [3.63, 3.8) is 0 Å². The van der Waals surface area contributed by atoms with Crippen molar-refractivity contribution in [2.45, 2.75) is 35.7 Å². The van der Waals surface area contributed by atoms with Crippen LogP contribution in [-0.4, -0.2) is 40.1 Å². The Kier molecular flexibility index (Phi) is 2.52. The summed E-state index contributed by atoms with van der Waals surface area (Å²) in [5.74, 6) is 0.429. The Balaban J connectivity index is 1.71. The maximum atomic E-state index is 9.14. The molecule has 0 heterocycles. The zero-order chi connectivity index (χ0) is 9.64. The van der Waals surface area contributed by atoms with Crippen LogP contribution in [0.4, 0.5) is 0 Å². The molecule has 0 aromatic rings. The van der Waals surface area contributed by atoms with Gasteiger partial charge in [-0.3, -0.25) is 0 Å². The highest BCUT2D eigenvalue weighted by Crippen LogP contribution is 2.53. The second kappa shape index (κ2) is 3.27. The van der Waals surface area contributed by atoms with E-state index in [1.54, 1.807) is 0 Å². The Hall–Kier alpha value is 0.500. The molecule has 0 aromatic carbocycles. The molecule has 2 aliphatic carbocycles. The third-order valence-corrected chi connectivity index (χ3v) is 4.10. The van der Waals surface area contributed by atoms with Crippen LogP contribution in [-0.2, 0) is 0 Å². The van der Waals surface area contributed by atoms with E-state index in [0.29, 0.717) is 12.0 Å². The van der Waals surface area contributed by atoms with Gasteiger partial charge >= 0.3 is 0 Å². The molecular weight excluding hydrogens is 209 g/mol. The summed E-state index contributed by atoms with van der Waals surface area (Å²) in [4.78, 5) is 2.27. The molecule has 0 aliphatic heterocycles. The average molecular weight is 224 g/mol. The lowest BCUT2D eigenvalue weighted by atomic mass is 9.88. The van der Waals surface area contributed by atoms with Crippen LogP contribution in [0.15, 0.2) is 0 Å². The zero-order valence-corrected chi connectivity index (χ0v) is 9.22. The summed E-state index contributed by atoms with van der Waals surface area (Å²) in [6, 6.07) is 0.541. The SMILES string of the molecule is CN(CC1CC1(Cl)Cl)C1CC(O)C1. The zero-order valence-electron chi connectivity index (χ0n) is 7.71. The van der Waals surface area contributed by atoms with E-state index < -0.39 is 4.33 Å². The van der Waals surface area contributed by atoms with Gasteiger partial charge < -0.3 is 10.0 Å². The molecule has 0 radical (unpaired) electrons. The maximum Gasteiger partial charge on any atom is 0.122 e. The van der Waals surface area contributed by atoms with Crippen LogP contribution < -0.4 is 0 Å². The molecule has 1 N–H and O–H groups in total. The van der Waals surface area contributed by atoms with Crippen LogP contribution in [0.3, 0.4) is 0 Å². The second-order valence-corrected chi connectivity index (χ2v) is 5.92. The number of aliphatic hydroxyl groups is 1. The third kappa shape index (κ3) is 2.12. The Morgan fingerprint density at radius 3 is 2.38 bits per heavy atom. The summed E-state index contributed by atoms with van der Waals surface area (Å²) in [6.45, 7) is 0.963. The van der Waals surface area contributed by atoms with Gasteiger partial charge in [-0.15, -0.1) is 23.2 Å². The first-order valence-corrected chi connectivity index (χ1v) is 5.51. The molecule has 1 atom stereocenters. The van der Waals surface area contributed by atoms with Crippen molar-refractivity contribution in [1.82, 2.24) is 4.90 Å². The quantitative estimate of drug-likeness (QED) is 0.736. The highest BCUT2D eigenvalue weighted by molar-refractivity contribution is 6.50. The molecule has 1 unspecified atom stereocenters. The molecule has 13 heavy (non-hydrogen) atoms. The largest absolute Gasteiger partial charge is 0.393 e. The minimum Gasteiger partial charge on any atom is -0.393 e. The van der Waals surface area contributed by atoms with E-state index in [1.807, 2.05) is 0 Å². The van der Waals surface area contributed by atoms with E-state index in [0.717, 1.165) is 25.8 Å². The molecule has 76 valence electrons. The number of aliphatic hydroxyl groups excluding tert-OH is 1. The van der Waals surface area contributed by atoms with Gasteiger partial charge in [0.15, 0.2) is 0 Å². The summed E-state index contributed by atoms with van der Waals surface area (Å²) < 4.78 is -0.462. The molecule has 0 amide bonds. The van der Waals surface area contributed by atoms with Gasteiger partial charge in [0.05, 0.1) is 6.10 Å². The van der Waals surface area contributed by atoms with Crippen molar-refractivity contribution in [2.24, 2.45) is 5.92 Å². The normalized spacial score (nSPS) is 41.8. The van der Waals surface area contributed by atoms with Crippen molar-refractivity contribution in [3.8, 4) is 0 Å². The van der Waals surface area contributed by atoms with Crippen molar-refractivity contribution in [2.75, 3.05) is 13.6 Å². The van der Waals surface area contributed by atoms with Gasteiger partial charge in [0.2, 0.25) is 0 Å². The van der Waals surface area contributed by atoms with Crippen LogP contribution >= 0.6 is 23.2 Å². The van der Waals surface area contributed by atoms with E-state index in [2.05, 4.69) is 11.9 Å². The number of hydrogen-bond acceptors (Lipinski definition) is 2. The predicted molar refractivity (Wildman–Crippen MR) is 54.2 cm³/mol. The fraction of sp³-hybridized carbons (Fsp3) is 1.00.